The maximum Gasteiger partial charge on any atom is 0.133 e. The van der Waals surface area contributed by atoms with E-state index in [0.717, 1.165) is 22.6 Å². The van der Waals surface area contributed by atoms with Crippen LogP contribution in [0.5, 0.6) is 0 Å². The van der Waals surface area contributed by atoms with E-state index < -0.39 is 0 Å². The van der Waals surface area contributed by atoms with Gasteiger partial charge in [-0.15, -0.1) is 0 Å². The van der Waals surface area contributed by atoms with Gasteiger partial charge in [-0.2, -0.15) is 5.26 Å². The molecule has 2 heterocycles. The number of nitrogens with one attached hydrogen (secondary N) is 1. The molecule has 0 atom stereocenters. The highest BCUT2D eigenvalue weighted by atomic mass is 15.0. The Morgan fingerprint density at radius 3 is 2.68 bits per heavy atom. The van der Waals surface area contributed by atoms with E-state index in [1.54, 1.807) is 18.5 Å². The number of hydrogen-bond acceptors (Lipinski definition) is 5. The van der Waals surface area contributed by atoms with E-state index in [2.05, 4.69) is 40.2 Å². The quantitative estimate of drug-likeness (QED) is 0.909. The lowest BCUT2D eigenvalue weighted by Gasteiger charge is -2.15. The predicted molar refractivity (Wildman–Crippen MR) is 73.6 cm³/mol. The van der Waals surface area contributed by atoms with E-state index in [9.17, 15) is 0 Å². The number of hydrogen-bond donors (Lipinski definition) is 1. The number of pyridine rings is 1. The number of nitriles is 1. The zero-order valence-electron chi connectivity index (χ0n) is 11.2. The summed E-state index contributed by atoms with van der Waals surface area (Å²) in [4.78, 5) is 12.7. The molecule has 0 spiro atoms. The normalized spacial score (nSPS) is 10.3. The van der Waals surface area contributed by atoms with Gasteiger partial charge in [0, 0.05) is 30.6 Å². The van der Waals surface area contributed by atoms with Crippen LogP contribution in [0.15, 0.2) is 24.8 Å². The lowest BCUT2D eigenvalue weighted by Crippen LogP contribution is -2.04. The minimum absolute atomic E-state index is 0.268. The second-order valence-corrected chi connectivity index (χ2v) is 4.46. The van der Waals surface area contributed by atoms with Crippen molar-refractivity contribution in [1.29, 1.82) is 5.26 Å². The highest BCUT2D eigenvalue weighted by Crippen LogP contribution is 2.31. The second kappa shape index (κ2) is 5.44. The summed E-state index contributed by atoms with van der Waals surface area (Å²) in [6.45, 7) is 4.18. The molecule has 0 amide bonds. The molecule has 0 aliphatic rings. The van der Waals surface area contributed by atoms with Crippen LogP contribution in [0.1, 0.15) is 30.9 Å². The van der Waals surface area contributed by atoms with Gasteiger partial charge in [0.2, 0.25) is 0 Å². The summed E-state index contributed by atoms with van der Waals surface area (Å²) < 4.78 is 0. The Bertz CT molecular complexity index is 628. The average molecular weight is 253 g/mol. The van der Waals surface area contributed by atoms with Gasteiger partial charge in [-0.05, 0) is 12.0 Å². The molecule has 0 saturated heterocycles. The van der Waals surface area contributed by atoms with Crippen LogP contribution in [0.3, 0.4) is 0 Å². The lowest BCUT2D eigenvalue weighted by atomic mass is 9.97. The molecule has 0 aliphatic carbocycles. The van der Waals surface area contributed by atoms with Gasteiger partial charge < -0.3 is 5.32 Å². The molecule has 0 bridgehead atoms. The van der Waals surface area contributed by atoms with Crippen LogP contribution in [0, 0.1) is 11.3 Å². The number of aromatic nitrogens is 3. The molecule has 0 saturated carbocycles. The first-order chi connectivity index (χ1) is 9.17. The highest BCUT2D eigenvalue weighted by molar-refractivity contribution is 5.69. The maximum atomic E-state index is 8.95. The van der Waals surface area contributed by atoms with Gasteiger partial charge in [-0.3, -0.25) is 4.98 Å². The van der Waals surface area contributed by atoms with E-state index in [1.165, 1.54) is 6.33 Å². The van der Waals surface area contributed by atoms with Gasteiger partial charge in [-0.1, -0.05) is 13.8 Å². The van der Waals surface area contributed by atoms with Crippen molar-refractivity contribution in [2.75, 3.05) is 12.4 Å². The number of rotatable bonds is 3. The van der Waals surface area contributed by atoms with Crippen molar-refractivity contribution in [3.8, 4) is 17.3 Å². The standard InChI is InChI=1S/C14H15N5/c1-9(2)12-13(18-8-19-14(12)16-3)11-4-10(5-15)6-17-7-11/h4,6-9H,1-3H3,(H,16,18,19). The van der Waals surface area contributed by atoms with Crippen molar-refractivity contribution in [3.63, 3.8) is 0 Å². The van der Waals surface area contributed by atoms with Crippen LogP contribution in [-0.4, -0.2) is 22.0 Å². The Kier molecular flexibility index (Phi) is 3.71. The Hall–Kier alpha value is -2.48. The highest BCUT2D eigenvalue weighted by Gasteiger charge is 2.16. The third-order valence-corrected chi connectivity index (χ3v) is 2.84. The monoisotopic (exact) mass is 253 g/mol. The first-order valence-corrected chi connectivity index (χ1v) is 6.05. The van der Waals surface area contributed by atoms with Crippen LogP contribution in [0.25, 0.3) is 11.3 Å². The molecule has 1 N–H and O–H groups in total. The van der Waals surface area contributed by atoms with E-state index in [4.69, 9.17) is 5.26 Å². The predicted octanol–water partition coefficient (Wildman–Crippen LogP) is 2.58. The summed E-state index contributed by atoms with van der Waals surface area (Å²) in [5.74, 6) is 1.08. The summed E-state index contributed by atoms with van der Waals surface area (Å²) in [5.41, 5.74) is 3.21. The molecule has 19 heavy (non-hydrogen) atoms. The Morgan fingerprint density at radius 2 is 2.05 bits per heavy atom. The minimum Gasteiger partial charge on any atom is -0.373 e. The molecule has 2 aromatic rings. The lowest BCUT2D eigenvalue weighted by molar-refractivity contribution is 0.852. The van der Waals surface area contributed by atoms with Crippen LogP contribution in [-0.2, 0) is 0 Å². The smallest absolute Gasteiger partial charge is 0.133 e. The van der Waals surface area contributed by atoms with Gasteiger partial charge in [0.05, 0.1) is 11.3 Å². The summed E-state index contributed by atoms with van der Waals surface area (Å²) in [6, 6.07) is 3.89. The fraction of sp³-hybridized carbons (Fsp3) is 0.286. The number of anilines is 1. The fourth-order valence-electron chi connectivity index (χ4n) is 2.00. The summed E-state index contributed by atoms with van der Waals surface area (Å²) in [7, 11) is 1.84. The van der Waals surface area contributed by atoms with Crippen LogP contribution < -0.4 is 5.32 Å². The third kappa shape index (κ3) is 2.52. The average Bonchev–Trinajstić information content (AvgIpc) is 2.46. The third-order valence-electron chi connectivity index (χ3n) is 2.84. The largest absolute Gasteiger partial charge is 0.373 e. The zero-order valence-corrected chi connectivity index (χ0v) is 11.2. The molecule has 0 radical (unpaired) electrons. The van der Waals surface area contributed by atoms with Gasteiger partial charge >= 0.3 is 0 Å². The molecule has 2 aromatic heterocycles. The first kappa shape index (κ1) is 13.0. The second-order valence-electron chi connectivity index (χ2n) is 4.46. The molecular weight excluding hydrogens is 238 g/mol. The molecule has 2 rings (SSSR count). The van der Waals surface area contributed by atoms with Crippen molar-refractivity contribution in [1.82, 2.24) is 15.0 Å². The van der Waals surface area contributed by atoms with Gasteiger partial charge in [-0.25, -0.2) is 9.97 Å². The topological polar surface area (TPSA) is 74.5 Å². The Morgan fingerprint density at radius 1 is 1.26 bits per heavy atom. The van der Waals surface area contributed by atoms with E-state index in [0.29, 0.717) is 5.56 Å². The maximum absolute atomic E-state index is 8.95. The molecule has 0 fully saturated rings. The Balaban J connectivity index is 2.65. The van der Waals surface area contributed by atoms with Crippen LogP contribution in [0.2, 0.25) is 0 Å². The van der Waals surface area contributed by atoms with E-state index >= 15 is 0 Å². The van der Waals surface area contributed by atoms with Crippen molar-refractivity contribution in [2.45, 2.75) is 19.8 Å². The van der Waals surface area contributed by atoms with Gasteiger partial charge in [0.1, 0.15) is 18.2 Å². The van der Waals surface area contributed by atoms with Crippen molar-refractivity contribution in [2.24, 2.45) is 0 Å². The molecule has 96 valence electrons. The van der Waals surface area contributed by atoms with E-state index in [-0.39, 0.29) is 5.92 Å². The first-order valence-electron chi connectivity index (χ1n) is 6.05. The SMILES string of the molecule is CNc1ncnc(-c2cncc(C#N)c2)c1C(C)C. The zero-order chi connectivity index (χ0) is 13.8. The molecule has 5 heteroatoms. The van der Waals surface area contributed by atoms with Crippen molar-refractivity contribution < 1.29 is 0 Å². The summed E-state index contributed by atoms with van der Waals surface area (Å²) >= 11 is 0. The van der Waals surface area contributed by atoms with E-state index in [1.807, 2.05) is 7.05 Å². The Labute approximate surface area is 112 Å². The van der Waals surface area contributed by atoms with Gasteiger partial charge in [0.25, 0.3) is 0 Å². The van der Waals surface area contributed by atoms with Crippen molar-refractivity contribution in [3.05, 3.63) is 35.9 Å². The fourth-order valence-corrected chi connectivity index (χ4v) is 2.00. The number of nitrogens with zero attached hydrogens (tertiary/aromatic N) is 4. The molecule has 0 aromatic carbocycles. The molecule has 0 unspecified atom stereocenters. The molecular formula is C14H15N5. The molecule has 5 nitrogen and oxygen atoms in total. The minimum atomic E-state index is 0.268. The summed E-state index contributed by atoms with van der Waals surface area (Å²) in [6.07, 6.45) is 4.78. The van der Waals surface area contributed by atoms with Crippen LogP contribution in [0.4, 0.5) is 5.82 Å². The van der Waals surface area contributed by atoms with Gasteiger partial charge in [0.15, 0.2) is 0 Å². The van der Waals surface area contributed by atoms with Crippen LogP contribution >= 0.6 is 0 Å². The summed E-state index contributed by atoms with van der Waals surface area (Å²) in [5, 5.41) is 12.0. The molecule has 0 aliphatic heterocycles. The van der Waals surface area contributed by atoms with Crippen molar-refractivity contribution >= 4 is 5.82 Å².